The molecule has 1 fully saturated rings. The van der Waals surface area contributed by atoms with E-state index in [0.29, 0.717) is 11.6 Å². The summed E-state index contributed by atoms with van der Waals surface area (Å²) >= 11 is 12.3. The topological polar surface area (TPSA) is 35.6 Å². The Balaban J connectivity index is 1.47. The molecule has 26 heavy (non-hydrogen) atoms. The van der Waals surface area contributed by atoms with E-state index in [1.807, 2.05) is 37.3 Å². The Morgan fingerprint density at radius 2 is 1.73 bits per heavy atom. The maximum absolute atomic E-state index is 12.3. The first-order chi connectivity index (χ1) is 12.5. The van der Waals surface area contributed by atoms with Gasteiger partial charge in [-0.1, -0.05) is 47.5 Å². The van der Waals surface area contributed by atoms with Crippen LogP contribution in [0.15, 0.2) is 42.5 Å². The number of rotatable bonds is 5. The summed E-state index contributed by atoms with van der Waals surface area (Å²) < 4.78 is 0. The zero-order valence-corrected chi connectivity index (χ0v) is 16.4. The third-order valence-electron chi connectivity index (χ3n) is 4.66. The molecule has 1 amide bonds. The molecular weight excluding hydrogens is 369 g/mol. The lowest BCUT2D eigenvalue weighted by atomic mass is 10.2. The Hall–Kier alpha value is -1.59. The van der Waals surface area contributed by atoms with Crippen LogP contribution >= 0.6 is 23.2 Å². The molecule has 1 heterocycles. The molecule has 2 aromatic rings. The summed E-state index contributed by atoms with van der Waals surface area (Å²) in [6, 6.07) is 13.5. The van der Waals surface area contributed by atoms with Gasteiger partial charge in [0.2, 0.25) is 5.91 Å². The summed E-state index contributed by atoms with van der Waals surface area (Å²) in [5.74, 6) is -0.00470. The van der Waals surface area contributed by atoms with E-state index in [1.54, 1.807) is 6.07 Å². The van der Waals surface area contributed by atoms with E-state index in [0.717, 1.165) is 54.6 Å². The van der Waals surface area contributed by atoms with Gasteiger partial charge in [-0.05, 0) is 36.2 Å². The highest BCUT2D eigenvalue weighted by molar-refractivity contribution is 6.31. The molecule has 138 valence electrons. The first-order valence-electron chi connectivity index (χ1n) is 8.75. The van der Waals surface area contributed by atoms with E-state index in [2.05, 4.69) is 21.2 Å². The molecule has 4 nitrogen and oxygen atoms in total. The summed E-state index contributed by atoms with van der Waals surface area (Å²) in [5.41, 5.74) is 2.93. The molecule has 0 unspecified atom stereocenters. The number of anilines is 1. The Morgan fingerprint density at radius 3 is 2.46 bits per heavy atom. The standard InChI is InChI=1S/C20H23Cl2N3O/c1-15-6-7-17(21)12-19(15)23-20(26)14-25-10-8-24(9-11-25)13-16-4-2-3-5-18(16)22/h2-7,12H,8-11,13-14H2,1H3,(H,23,26). The number of nitrogens with zero attached hydrogens (tertiary/aromatic N) is 2. The fraction of sp³-hybridized carbons (Fsp3) is 0.350. The minimum Gasteiger partial charge on any atom is -0.325 e. The van der Waals surface area contributed by atoms with E-state index in [4.69, 9.17) is 23.2 Å². The lowest BCUT2D eigenvalue weighted by molar-refractivity contribution is -0.117. The molecule has 0 saturated carbocycles. The van der Waals surface area contributed by atoms with E-state index < -0.39 is 0 Å². The van der Waals surface area contributed by atoms with Crippen molar-refractivity contribution in [1.29, 1.82) is 0 Å². The molecule has 6 heteroatoms. The van der Waals surface area contributed by atoms with Gasteiger partial charge in [-0.25, -0.2) is 0 Å². The normalized spacial score (nSPS) is 15.8. The number of hydrogen-bond donors (Lipinski definition) is 1. The van der Waals surface area contributed by atoms with Crippen molar-refractivity contribution in [3.63, 3.8) is 0 Å². The van der Waals surface area contributed by atoms with Crippen LogP contribution in [0.4, 0.5) is 5.69 Å². The van der Waals surface area contributed by atoms with Gasteiger partial charge in [0.1, 0.15) is 0 Å². The number of nitrogens with one attached hydrogen (secondary N) is 1. The molecule has 0 radical (unpaired) electrons. The summed E-state index contributed by atoms with van der Waals surface area (Å²) in [6.45, 7) is 6.79. The SMILES string of the molecule is Cc1ccc(Cl)cc1NC(=O)CN1CCN(Cc2ccccc2Cl)CC1. The molecule has 3 rings (SSSR count). The largest absolute Gasteiger partial charge is 0.325 e. The Kier molecular flexibility index (Phi) is 6.54. The van der Waals surface area contributed by atoms with Gasteiger partial charge in [-0.3, -0.25) is 14.6 Å². The summed E-state index contributed by atoms with van der Waals surface area (Å²) in [4.78, 5) is 16.9. The van der Waals surface area contributed by atoms with Gasteiger partial charge in [0, 0.05) is 48.5 Å². The molecule has 0 atom stereocenters. The highest BCUT2D eigenvalue weighted by atomic mass is 35.5. The van der Waals surface area contributed by atoms with Gasteiger partial charge in [-0.2, -0.15) is 0 Å². The van der Waals surface area contributed by atoms with Gasteiger partial charge < -0.3 is 5.32 Å². The van der Waals surface area contributed by atoms with Gasteiger partial charge in [0.15, 0.2) is 0 Å². The molecule has 0 bridgehead atoms. The zero-order valence-electron chi connectivity index (χ0n) is 14.8. The van der Waals surface area contributed by atoms with Gasteiger partial charge in [-0.15, -0.1) is 0 Å². The predicted molar refractivity (Wildman–Crippen MR) is 108 cm³/mol. The third kappa shape index (κ3) is 5.21. The predicted octanol–water partition coefficient (Wildman–Crippen LogP) is 4.06. The van der Waals surface area contributed by atoms with Gasteiger partial charge in [0.05, 0.1) is 6.54 Å². The second-order valence-corrected chi connectivity index (χ2v) is 7.49. The monoisotopic (exact) mass is 391 g/mol. The number of carbonyl (C=O) groups excluding carboxylic acids is 1. The molecule has 0 aliphatic carbocycles. The Bertz CT molecular complexity index is 773. The van der Waals surface area contributed by atoms with Crippen LogP contribution in [-0.4, -0.2) is 48.4 Å². The maximum atomic E-state index is 12.3. The fourth-order valence-electron chi connectivity index (χ4n) is 3.09. The van der Waals surface area contributed by atoms with E-state index >= 15 is 0 Å². The number of piperazine rings is 1. The van der Waals surface area contributed by atoms with E-state index in [9.17, 15) is 4.79 Å². The molecule has 0 spiro atoms. The van der Waals surface area contributed by atoms with Crippen molar-refractivity contribution in [3.05, 3.63) is 63.6 Å². The van der Waals surface area contributed by atoms with Crippen LogP contribution in [0.25, 0.3) is 0 Å². The fourth-order valence-corrected chi connectivity index (χ4v) is 3.46. The highest BCUT2D eigenvalue weighted by Gasteiger charge is 2.19. The van der Waals surface area contributed by atoms with Crippen molar-refractivity contribution in [2.75, 3.05) is 38.0 Å². The highest BCUT2D eigenvalue weighted by Crippen LogP contribution is 2.20. The lowest BCUT2D eigenvalue weighted by Crippen LogP contribution is -2.48. The van der Waals surface area contributed by atoms with Crippen LogP contribution < -0.4 is 5.32 Å². The van der Waals surface area contributed by atoms with Crippen molar-refractivity contribution in [2.24, 2.45) is 0 Å². The van der Waals surface area contributed by atoms with Crippen molar-refractivity contribution in [2.45, 2.75) is 13.5 Å². The molecule has 1 aliphatic heterocycles. The smallest absolute Gasteiger partial charge is 0.238 e. The van der Waals surface area contributed by atoms with Crippen LogP contribution in [0, 0.1) is 6.92 Å². The van der Waals surface area contributed by atoms with E-state index in [1.165, 1.54) is 0 Å². The van der Waals surface area contributed by atoms with Crippen LogP contribution in [0.5, 0.6) is 0 Å². The van der Waals surface area contributed by atoms with Crippen LogP contribution in [0.1, 0.15) is 11.1 Å². The number of hydrogen-bond acceptors (Lipinski definition) is 3. The van der Waals surface area contributed by atoms with Gasteiger partial charge >= 0.3 is 0 Å². The minimum absolute atomic E-state index is 0.00470. The van der Waals surface area contributed by atoms with Crippen LogP contribution in [0.3, 0.4) is 0 Å². The number of aryl methyl sites for hydroxylation is 1. The van der Waals surface area contributed by atoms with Crippen LogP contribution in [-0.2, 0) is 11.3 Å². The second kappa shape index (κ2) is 8.87. The molecule has 1 saturated heterocycles. The van der Waals surface area contributed by atoms with Crippen molar-refractivity contribution in [3.8, 4) is 0 Å². The number of carbonyl (C=O) groups is 1. The molecule has 2 aromatic carbocycles. The first kappa shape index (κ1) is 19.2. The molecular formula is C20H23Cl2N3O. The van der Waals surface area contributed by atoms with Gasteiger partial charge in [0.25, 0.3) is 0 Å². The summed E-state index contributed by atoms with van der Waals surface area (Å²) in [7, 11) is 0. The number of benzene rings is 2. The van der Waals surface area contributed by atoms with Crippen molar-refractivity contribution >= 4 is 34.8 Å². The first-order valence-corrected chi connectivity index (χ1v) is 9.51. The molecule has 1 N–H and O–H groups in total. The summed E-state index contributed by atoms with van der Waals surface area (Å²) in [6.07, 6.45) is 0. The maximum Gasteiger partial charge on any atom is 0.238 e. The van der Waals surface area contributed by atoms with E-state index in [-0.39, 0.29) is 5.91 Å². The Labute approximate surface area is 164 Å². The second-order valence-electron chi connectivity index (χ2n) is 6.65. The van der Waals surface area contributed by atoms with Crippen molar-refractivity contribution < 1.29 is 4.79 Å². The lowest BCUT2D eigenvalue weighted by Gasteiger charge is -2.34. The minimum atomic E-state index is -0.00470. The zero-order chi connectivity index (χ0) is 18.5. The third-order valence-corrected chi connectivity index (χ3v) is 5.26. The average molecular weight is 392 g/mol. The van der Waals surface area contributed by atoms with Crippen molar-refractivity contribution in [1.82, 2.24) is 9.80 Å². The molecule has 0 aromatic heterocycles. The average Bonchev–Trinajstić information content (AvgIpc) is 2.62. The Morgan fingerprint density at radius 1 is 1.04 bits per heavy atom. The number of amides is 1. The molecule has 1 aliphatic rings. The quantitative estimate of drug-likeness (QED) is 0.834. The summed E-state index contributed by atoms with van der Waals surface area (Å²) in [5, 5.41) is 4.40. The number of halogens is 2. The van der Waals surface area contributed by atoms with Crippen LogP contribution in [0.2, 0.25) is 10.0 Å².